The van der Waals surface area contributed by atoms with Crippen LogP contribution in [0.1, 0.15) is 83.1 Å². The van der Waals surface area contributed by atoms with Crippen LogP contribution in [0.25, 0.3) is 22.2 Å². The number of unbranched alkanes of at least 4 members (excludes halogenated alkanes) is 4. The Hall–Kier alpha value is -5.14. The molecular weight excluding hydrogens is 683 g/mol. The number of carbonyl (C=O) groups excluding carboxylic acids is 1. The molecule has 0 unspecified atom stereocenters. The lowest BCUT2D eigenvalue weighted by Crippen LogP contribution is -2.46. The summed E-state index contributed by atoms with van der Waals surface area (Å²) in [6.07, 6.45) is 32.6. The molecule has 0 saturated carbocycles. The van der Waals surface area contributed by atoms with E-state index in [0.717, 1.165) is 103 Å². The third-order valence-electron chi connectivity index (χ3n) is 9.84. The zero-order valence-electron chi connectivity index (χ0n) is 32.7. The summed E-state index contributed by atoms with van der Waals surface area (Å²) < 4.78 is 12.7. The van der Waals surface area contributed by atoms with E-state index in [-0.39, 0.29) is 12.7 Å². The summed E-state index contributed by atoms with van der Waals surface area (Å²) in [4.78, 5) is 30.2. The first-order chi connectivity index (χ1) is 27.1. The van der Waals surface area contributed by atoms with E-state index in [1.165, 1.54) is 21.3 Å². The van der Waals surface area contributed by atoms with E-state index in [9.17, 15) is 9.59 Å². The molecule has 1 saturated heterocycles. The molecule has 1 aliphatic rings. The molecule has 1 aromatic heterocycles. The number of aromatic nitrogens is 1. The number of hydrogen-bond donors (Lipinski definition) is 0. The van der Waals surface area contributed by atoms with Gasteiger partial charge in [-0.05, 0) is 86.3 Å². The fraction of sp³-hybridized carbons (Fsp3) is 0.375. The van der Waals surface area contributed by atoms with Gasteiger partial charge in [0, 0.05) is 39.1 Å². The summed E-state index contributed by atoms with van der Waals surface area (Å²) >= 11 is 0. The van der Waals surface area contributed by atoms with E-state index in [0.29, 0.717) is 17.5 Å². The molecule has 0 bridgehead atoms. The van der Waals surface area contributed by atoms with Crippen molar-refractivity contribution in [3.63, 3.8) is 0 Å². The van der Waals surface area contributed by atoms with Gasteiger partial charge in [0.15, 0.2) is 12.3 Å². The molecule has 0 aliphatic carbocycles. The predicted octanol–water partition coefficient (Wildman–Crippen LogP) is 11.2. The van der Waals surface area contributed by atoms with Crippen molar-refractivity contribution in [2.45, 2.75) is 90.8 Å². The van der Waals surface area contributed by atoms with Crippen molar-refractivity contribution in [3.05, 3.63) is 150 Å². The van der Waals surface area contributed by atoms with Crippen molar-refractivity contribution in [1.82, 2.24) is 9.47 Å². The number of para-hydroxylation sites is 1. The van der Waals surface area contributed by atoms with Gasteiger partial charge in [-0.25, -0.2) is 9.36 Å². The zero-order valence-corrected chi connectivity index (χ0v) is 32.7. The lowest BCUT2D eigenvalue weighted by atomic mass is 10.0. The van der Waals surface area contributed by atoms with Gasteiger partial charge in [-0.3, -0.25) is 9.69 Å². The molecule has 1 aliphatic heterocycles. The smallest absolute Gasteiger partial charge is 0.422 e. The van der Waals surface area contributed by atoms with Gasteiger partial charge >= 0.3 is 11.7 Å². The molecule has 2 heterocycles. The van der Waals surface area contributed by atoms with Crippen molar-refractivity contribution in [1.29, 1.82) is 0 Å². The Balaban J connectivity index is 0.951. The van der Waals surface area contributed by atoms with Crippen LogP contribution in [0.3, 0.4) is 0 Å². The van der Waals surface area contributed by atoms with Crippen molar-refractivity contribution < 1.29 is 13.9 Å². The molecule has 0 radical (unpaired) electrons. The quantitative estimate of drug-likeness (QED) is 0.0454. The predicted molar refractivity (Wildman–Crippen MR) is 228 cm³/mol. The minimum Gasteiger partial charge on any atom is -0.444 e. The van der Waals surface area contributed by atoms with E-state index in [2.05, 4.69) is 126 Å². The molecule has 290 valence electrons. The lowest BCUT2D eigenvalue weighted by molar-refractivity contribution is -0.147. The Labute approximate surface area is 328 Å². The highest BCUT2D eigenvalue weighted by Crippen LogP contribution is 2.28. The van der Waals surface area contributed by atoms with E-state index < -0.39 is 5.76 Å². The second-order valence-electron chi connectivity index (χ2n) is 14.1. The van der Waals surface area contributed by atoms with Gasteiger partial charge in [-0.2, -0.15) is 0 Å². The van der Waals surface area contributed by atoms with Crippen molar-refractivity contribution in [2.24, 2.45) is 0 Å². The number of carbonyl (C=O) groups is 1. The first kappa shape index (κ1) is 41.0. The SMILES string of the molecule is CC/C=C\C/C=C\C/C=C\C/C=C\C/C=C\CCCCCCC(=O)OCn1c(=O)oc2c(N3CCN(Cc4cccc(-c5ccccc5)c4)CC3)cccc21. The van der Waals surface area contributed by atoms with Crippen LogP contribution in [0.5, 0.6) is 0 Å². The lowest BCUT2D eigenvalue weighted by Gasteiger charge is -2.36. The van der Waals surface area contributed by atoms with Crippen LogP contribution in [0.15, 0.2) is 143 Å². The molecule has 7 heteroatoms. The molecule has 0 spiro atoms. The summed E-state index contributed by atoms with van der Waals surface area (Å²) in [5.41, 5.74) is 5.84. The highest BCUT2D eigenvalue weighted by molar-refractivity contribution is 5.87. The molecule has 3 aromatic carbocycles. The van der Waals surface area contributed by atoms with E-state index in [4.69, 9.17) is 9.15 Å². The largest absolute Gasteiger partial charge is 0.444 e. The number of rotatable bonds is 22. The highest BCUT2D eigenvalue weighted by Gasteiger charge is 2.22. The normalized spacial score (nSPS) is 14.2. The van der Waals surface area contributed by atoms with E-state index in [1.807, 2.05) is 24.3 Å². The molecular formula is C48H59N3O4. The van der Waals surface area contributed by atoms with Crippen LogP contribution in [0.4, 0.5) is 5.69 Å². The third kappa shape index (κ3) is 13.9. The highest BCUT2D eigenvalue weighted by atomic mass is 16.5. The first-order valence-electron chi connectivity index (χ1n) is 20.3. The number of hydrogen-bond acceptors (Lipinski definition) is 6. The van der Waals surface area contributed by atoms with Crippen LogP contribution in [0, 0.1) is 0 Å². The molecule has 0 N–H and O–H groups in total. The molecule has 1 fully saturated rings. The summed E-state index contributed by atoms with van der Waals surface area (Å²) in [6.45, 7) is 6.35. The monoisotopic (exact) mass is 741 g/mol. The second kappa shape index (κ2) is 23.6. The molecule has 4 aromatic rings. The topological polar surface area (TPSA) is 67.9 Å². The maximum atomic E-state index is 12.9. The fourth-order valence-electron chi connectivity index (χ4n) is 6.79. The zero-order chi connectivity index (χ0) is 38.3. The molecule has 5 rings (SSSR count). The van der Waals surface area contributed by atoms with Crippen molar-refractivity contribution in [2.75, 3.05) is 31.1 Å². The van der Waals surface area contributed by atoms with Crippen LogP contribution in [0.2, 0.25) is 0 Å². The minimum atomic E-state index is -0.512. The summed E-state index contributed by atoms with van der Waals surface area (Å²) in [5.74, 6) is -0.803. The standard InChI is InChI=1S/C48H59N3O4/c1-2-3-4-5-6-7-8-9-10-11-12-13-14-15-16-17-18-19-20-24-33-46(52)54-40-51-45-32-26-31-44(47(45)55-48(51)53)50-36-34-49(35-37-50)39-41-27-25-30-43(38-41)42-28-22-21-23-29-42/h3-4,6-7,9-10,12-13,15-16,21-23,25-32,38H,2,5,8,11,14,17-20,24,33-37,39-40H2,1H3/b4-3-,7-6-,10-9-,13-12-,16-15-. The van der Waals surface area contributed by atoms with Crippen LogP contribution in [-0.2, 0) is 22.8 Å². The Morgan fingerprint density at radius 1 is 0.691 bits per heavy atom. The van der Waals surface area contributed by atoms with Gasteiger partial charge < -0.3 is 14.1 Å². The minimum absolute atomic E-state index is 0.145. The number of anilines is 1. The Bertz CT molecular complexity index is 1940. The van der Waals surface area contributed by atoms with Gasteiger partial charge in [0.25, 0.3) is 0 Å². The van der Waals surface area contributed by atoms with E-state index >= 15 is 0 Å². The average molecular weight is 742 g/mol. The second-order valence-corrected chi connectivity index (χ2v) is 14.1. The van der Waals surface area contributed by atoms with Crippen molar-refractivity contribution >= 4 is 22.8 Å². The van der Waals surface area contributed by atoms with Crippen molar-refractivity contribution in [3.8, 4) is 11.1 Å². The summed E-state index contributed by atoms with van der Waals surface area (Å²) in [5, 5.41) is 0. The third-order valence-corrected chi connectivity index (χ3v) is 9.84. The molecule has 7 nitrogen and oxygen atoms in total. The summed E-state index contributed by atoms with van der Waals surface area (Å²) in [6, 6.07) is 25.0. The number of benzene rings is 3. The van der Waals surface area contributed by atoms with Gasteiger partial charge in [-0.15, -0.1) is 0 Å². The van der Waals surface area contributed by atoms with E-state index in [1.54, 1.807) is 0 Å². The molecule has 0 amide bonds. The Kier molecular flexibility index (Phi) is 17.6. The number of ether oxygens (including phenoxy) is 1. The summed E-state index contributed by atoms with van der Waals surface area (Å²) in [7, 11) is 0. The maximum Gasteiger partial charge on any atom is 0.422 e. The van der Waals surface area contributed by atoms with Gasteiger partial charge in [-0.1, -0.05) is 135 Å². The number of nitrogens with zero attached hydrogens (tertiary/aromatic N) is 3. The van der Waals surface area contributed by atoms with Crippen LogP contribution in [-0.4, -0.2) is 41.6 Å². The Morgan fingerprint density at radius 3 is 2.04 bits per heavy atom. The number of fused-ring (bicyclic) bond motifs is 1. The fourth-order valence-corrected chi connectivity index (χ4v) is 6.79. The van der Waals surface area contributed by atoms with Gasteiger partial charge in [0.05, 0.1) is 11.2 Å². The number of esters is 1. The van der Waals surface area contributed by atoms with Gasteiger partial charge in [0.2, 0.25) is 0 Å². The maximum absolute atomic E-state index is 12.9. The van der Waals surface area contributed by atoms with Crippen LogP contribution >= 0.6 is 0 Å². The molecule has 0 atom stereocenters. The number of allylic oxidation sites excluding steroid dienone is 10. The number of oxazole rings is 1. The average Bonchev–Trinajstić information content (AvgIpc) is 3.54. The Morgan fingerprint density at radius 2 is 1.33 bits per heavy atom. The van der Waals surface area contributed by atoms with Crippen LogP contribution < -0.4 is 10.7 Å². The molecule has 55 heavy (non-hydrogen) atoms. The number of piperazine rings is 1. The first-order valence-corrected chi connectivity index (χ1v) is 20.3. The van der Waals surface area contributed by atoms with Gasteiger partial charge in [0.1, 0.15) is 0 Å².